The van der Waals surface area contributed by atoms with E-state index in [1.165, 1.54) is 38.2 Å². The summed E-state index contributed by atoms with van der Waals surface area (Å²) in [4.78, 5) is 0. The molecule has 0 N–H and O–H groups in total. The fraction of sp³-hybridized carbons (Fsp3) is 0.214. The van der Waals surface area contributed by atoms with Crippen LogP contribution in [0.3, 0.4) is 0 Å². The molecule has 0 spiro atoms. The van der Waals surface area contributed by atoms with Crippen LogP contribution in [0.25, 0.3) is 43.8 Å². The Morgan fingerprint density at radius 3 is 2.17 bits per heavy atom. The second kappa shape index (κ2) is 6.12. The maximum absolute atomic E-state index is 6.40. The third-order valence-electron chi connectivity index (χ3n) is 6.43. The van der Waals surface area contributed by atoms with Crippen LogP contribution in [0.5, 0.6) is 11.5 Å². The first-order valence-electron chi connectivity index (χ1n) is 10.8. The molecule has 0 unspecified atom stereocenters. The van der Waals surface area contributed by atoms with Gasteiger partial charge < -0.3 is 9.15 Å². The summed E-state index contributed by atoms with van der Waals surface area (Å²) in [6, 6.07) is 21.7. The highest BCUT2D eigenvalue weighted by molar-refractivity contribution is 6.24. The maximum Gasteiger partial charge on any atom is 0.136 e. The SMILES string of the molecule is CC(C)c1ccc2c(c1)Oc1cccc3c1c-2cc1oc2cc(C(C)C)ccc2c13. The lowest BCUT2D eigenvalue weighted by Gasteiger charge is -2.22. The van der Waals surface area contributed by atoms with E-state index in [0.717, 1.165) is 28.2 Å². The van der Waals surface area contributed by atoms with Crippen molar-refractivity contribution >= 4 is 32.7 Å². The van der Waals surface area contributed by atoms with Crippen molar-refractivity contribution in [2.45, 2.75) is 39.5 Å². The third-order valence-corrected chi connectivity index (χ3v) is 6.43. The van der Waals surface area contributed by atoms with E-state index in [-0.39, 0.29) is 0 Å². The van der Waals surface area contributed by atoms with Crippen LogP contribution in [0.1, 0.15) is 50.7 Å². The highest BCUT2D eigenvalue weighted by atomic mass is 16.5. The van der Waals surface area contributed by atoms with Crippen LogP contribution < -0.4 is 4.74 Å². The summed E-state index contributed by atoms with van der Waals surface area (Å²) in [6.45, 7) is 8.85. The van der Waals surface area contributed by atoms with E-state index >= 15 is 0 Å². The van der Waals surface area contributed by atoms with E-state index < -0.39 is 0 Å². The number of hydrogen-bond acceptors (Lipinski definition) is 2. The Morgan fingerprint density at radius 2 is 1.37 bits per heavy atom. The Bertz CT molecular complexity index is 1470. The van der Waals surface area contributed by atoms with Gasteiger partial charge in [0.05, 0.1) is 0 Å². The number of fused-ring (bicyclic) bond motifs is 6. The van der Waals surface area contributed by atoms with Crippen LogP contribution in [0.2, 0.25) is 0 Å². The minimum atomic E-state index is 0.462. The topological polar surface area (TPSA) is 22.4 Å². The van der Waals surface area contributed by atoms with Gasteiger partial charge in [0.15, 0.2) is 0 Å². The van der Waals surface area contributed by atoms with E-state index in [4.69, 9.17) is 9.15 Å². The number of rotatable bonds is 2. The Balaban J connectivity index is 1.71. The zero-order valence-electron chi connectivity index (χ0n) is 17.7. The van der Waals surface area contributed by atoms with Gasteiger partial charge >= 0.3 is 0 Å². The van der Waals surface area contributed by atoms with Crippen molar-refractivity contribution < 1.29 is 9.15 Å². The van der Waals surface area contributed by atoms with E-state index in [1.807, 2.05) is 0 Å². The molecule has 0 bridgehead atoms. The van der Waals surface area contributed by atoms with Gasteiger partial charge in [-0.1, -0.05) is 64.1 Å². The van der Waals surface area contributed by atoms with Crippen LogP contribution in [-0.2, 0) is 0 Å². The normalized spacial score (nSPS) is 12.9. The predicted octanol–water partition coefficient (Wildman–Crippen LogP) is 8.76. The molecule has 2 heterocycles. The van der Waals surface area contributed by atoms with E-state index in [0.29, 0.717) is 11.8 Å². The molecule has 1 aromatic heterocycles. The third kappa shape index (κ3) is 2.37. The van der Waals surface area contributed by atoms with E-state index in [2.05, 4.69) is 88.4 Å². The molecule has 4 aromatic carbocycles. The summed E-state index contributed by atoms with van der Waals surface area (Å²) in [5.41, 5.74) is 6.80. The first kappa shape index (κ1) is 17.6. The summed E-state index contributed by atoms with van der Waals surface area (Å²) >= 11 is 0. The van der Waals surface area contributed by atoms with Crippen molar-refractivity contribution in [2.24, 2.45) is 0 Å². The molecular formula is C28H24O2. The highest BCUT2D eigenvalue weighted by Crippen LogP contribution is 2.50. The van der Waals surface area contributed by atoms with Crippen molar-refractivity contribution in [3.63, 3.8) is 0 Å². The summed E-state index contributed by atoms with van der Waals surface area (Å²) in [7, 11) is 0. The van der Waals surface area contributed by atoms with Gasteiger partial charge in [-0.25, -0.2) is 0 Å². The highest BCUT2D eigenvalue weighted by Gasteiger charge is 2.24. The summed E-state index contributed by atoms with van der Waals surface area (Å²) in [6.07, 6.45) is 0. The standard InChI is InChI=1S/C28H24O2/c1-15(2)17-8-10-19-22-14-26-27(20-11-9-18(16(3)4)13-25(20)30-26)21-6-5-7-23(28(21)22)29-24(19)12-17/h5-16H,1-4H3. The molecule has 0 atom stereocenters. The van der Waals surface area contributed by atoms with Gasteiger partial charge in [0.25, 0.3) is 0 Å². The van der Waals surface area contributed by atoms with Crippen LogP contribution in [0.4, 0.5) is 0 Å². The molecule has 0 saturated carbocycles. The smallest absolute Gasteiger partial charge is 0.136 e. The second-order valence-corrected chi connectivity index (χ2v) is 9.00. The Kier molecular flexibility index (Phi) is 3.59. The van der Waals surface area contributed by atoms with Crippen molar-refractivity contribution in [3.05, 3.63) is 71.8 Å². The fourth-order valence-electron chi connectivity index (χ4n) is 4.71. The molecule has 0 fully saturated rings. The number of furan rings is 1. The summed E-state index contributed by atoms with van der Waals surface area (Å²) < 4.78 is 12.8. The first-order chi connectivity index (χ1) is 14.5. The van der Waals surface area contributed by atoms with E-state index in [9.17, 15) is 0 Å². The minimum Gasteiger partial charge on any atom is -0.456 e. The molecular weight excluding hydrogens is 368 g/mol. The number of benzene rings is 4. The Hall–Kier alpha value is -3.26. The Labute approximate surface area is 176 Å². The number of hydrogen-bond donors (Lipinski definition) is 0. The lowest BCUT2D eigenvalue weighted by atomic mass is 9.90. The zero-order valence-corrected chi connectivity index (χ0v) is 17.7. The van der Waals surface area contributed by atoms with Crippen LogP contribution >= 0.6 is 0 Å². The first-order valence-corrected chi connectivity index (χ1v) is 10.8. The molecule has 0 radical (unpaired) electrons. The van der Waals surface area contributed by atoms with Crippen molar-refractivity contribution in [2.75, 3.05) is 0 Å². The molecule has 0 aliphatic carbocycles. The zero-order chi connectivity index (χ0) is 20.6. The van der Waals surface area contributed by atoms with Crippen molar-refractivity contribution in [3.8, 4) is 22.6 Å². The van der Waals surface area contributed by atoms with Crippen molar-refractivity contribution in [1.29, 1.82) is 0 Å². The lowest BCUT2D eigenvalue weighted by Crippen LogP contribution is -1.99. The molecule has 2 heteroatoms. The molecule has 5 aromatic rings. The predicted molar refractivity (Wildman–Crippen MR) is 125 cm³/mol. The Morgan fingerprint density at radius 1 is 0.600 bits per heavy atom. The van der Waals surface area contributed by atoms with Gasteiger partial charge in [0.2, 0.25) is 0 Å². The van der Waals surface area contributed by atoms with Crippen LogP contribution in [0, 0.1) is 0 Å². The quantitative estimate of drug-likeness (QED) is 0.294. The van der Waals surface area contributed by atoms with Gasteiger partial charge in [0.1, 0.15) is 22.7 Å². The monoisotopic (exact) mass is 392 g/mol. The molecule has 1 aliphatic heterocycles. The maximum atomic E-state index is 6.40. The molecule has 6 rings (SSSR count). The second-order valence-electron chi connectivity index (χ2n) is 9.00. The summed E-state index contributed by atoms with van der Waals surface area (Å²) in [5.74, 6) is 2.79. The van der Waals surface area contributed by atoms with Gasteiger partial charge in [-0.15, -0.1) is 0 Å². The average molecular weight is 392 g/mol. The molecule has 0 amide bonds. The summed E-state index contributed by atoms with van der Waals surface area (Å²) in [5, 5.41) is 4.70. The average Bonchev–Trinajstić information content (AvgIpc) is 3.11. The molecule has 2 nitrogen and oxygen atoms in total. The van der Waals surface area contributed by atoms with E-state index in [1.54, 1.807) is 0 Å². The molecule has 30 heavy (non-hydrogen) atoms. The number of ether oxygens (including phenoxy) is 1. The molecule has 0 saturated heterocycles. The van der Waals surface area contributed by atoms with Crippen molar-refractivity contribution in [1.82, 2.24) is 0 Å². The van der Waals surface area contributed by atoms with Gasteiger partial charge in [-0.3, -0.25) is 0 Å². The van der Waals surface area contributed by atoms with Crippen LogP contribution in [0.15, 0.2) is 65.1 Å². The minimum absolute atomic E-state index is 0.462. The largest absolute Gasteiger partial charge is 0.456 e. The van der Waals surface area contributed by atoms with Gasteiger partial charge in [-0.05, 0) is 52.6 Å². The van der Waals surface area contributed by atoms with Gasteiger partial charge in [-0.2, -0.15) is 0 Å². The van der Waals surface area contributed by atoms with Crippen LogP contribution in [-0.4, -0.2) is 0 Å². The lowest BCUT2D eigenvalue weighted by molar-refractivity contribution is 0.486. The van der Waals surface area contributed by atoms with Gasteiger partial charge in [0, 0.05) is 27.3 Å². The molecule has 148 valence electrons. The fourth-order valence-corrected chi connectivity index (χ4v) is 4.71. The molecule has 1 aliphatic rings.